The zero-order chi connectivity index (χ0) is 20.3. The van der Waals surface area contributed by atoms with Gasteiger partial charge in [-0.05, 0) is 68.4 Å². The van der Waals surface area contributed by atoms with Crippen molar-refractivity contribution >= 4 is 11.6 Å². The fourth-order valence-corrected chi connectivity index (χ4v) is 3.41. The number of carbonyl (C=O) groups is 1. The fraction of sp³-hybridized carbons (Fsp3) is 0.636. The van der Waals surface area contributed by atoms with Crippen LogP contribution in [0.15, 0.2) is 29.4 Å². The van der Waals surface area contributed by atoms with Gasteiger partial charge in [0.05, 0.1) is 5.71 Å². The van der Waals surface area contributed by atoms with Crippen LogP contribution in [0.1, 0.15) is 38.2 Å². The molecule has 29 heavy (non-hydrogen) atoms. The van der Waals surface area contributed by atoms with Crippen LogP contribution >= 0.6 is 0 Å². The van der Waals surface area contributed by atoms with Crippen LogP contribution in [0.4, 0.5) is 0 Å². The topological polar surface area (TPSA) is 78.4 Å². The number of ether oxygens (including phenoxy) is 3. The van der Waals surface area contributed by atoms with E-state index in [4.69, 9.17) is 19.0 Å². The third kappa shape index (κ3) is 7.66. The molecular weight excluding hydrogens is 372 g/mol. The quantitative estimate of drug-likeness (QED) is 0.506. The van der Waals surface area contributed by atoms with Crippen molar-refractivity contribution in [3.63, 3.8) is 0 Å². The summed E-state index contributed by atoms with van der Waals surface area (Å²) in [7, 11) is 0. The summed E-state index contributed by atoms with van der Waals surface area (Å²) in [6.45, 7) is 6.45. The van der Waals surface area contributed by atoms with Crippen LogP contribution < -0.4 is 10.1 Å². The molecule has 7 heteroatoms. The van der Waals surface area contributed by atoms with Crippen molar-refractivity contribution < 1.29 is 23.8 Å². The predicted octanol–water partition coefficient (Wildman–Crippen LogP) is 2.78. The molecule has 2 aliphatic rings. The van der Waals surface area contributed by atoms with Crippen molar-refractivity contribution in [1.29, 1.82) is 0 Å². The molecule has 0 aromatic heterocycles. The molecule has 2 fully saturated rings. The summed E-state index contributed by atoms with van der Waals surface area (Å²) in [5.41, 5.74) is 1.78. The summed E-state index contributed by atoms with van der Waals surface area (Å²) < 4.78 is 16.3. The lowest BCUT2D eigenvalue weighted by Gasteiger charge is -2.22. The molecule has 1 amide bonds. The molecule has 7 nitrogen and oxygen atoms in total. The minimum atomic E-state index is -0.0974. The smallest absolute Gasteiger partial charge is 0.257 e. The second-order valence-electron chi connectivity index (χ2n) is 7.70. The molecule has 0 radical (unpaired) electrons. The molecule has 0 saturated carbocycles. The molecule has 1 N–H and O–H groups in total. The van der Waals surface area contributed by atoms with Crippen molar-refractivity contribution in [2.75, 3.05) is 46.2 Å². The SMILES string of the molecule is CC(=NOCC1CCOCC1)c1ccc(OCC(=O)NCC2CCOCC2)cc1. The number of nitrogens with zero attached hydrogens (tertiary/aromatic N) is 1. The van der Waals surface area contributed by atoms with Gasteiger partial charge >= 0.3 is 0 Å². The van der Waals surface area contributed by atoms with E-state index in [1.807, 2.05) is 31.2 Å². The van der Waals surface area contributed by atoms with Gasteiger partial charge in [0.2, 0.25) is 0 Å². The van der Waals surface area contributed by atoms with E-state index < -0.39 is 0 Å². The largest absolute Gasteiger partial charge is 0.484 e. The summed E-state index contributed by atoms with van der Waals surface area (Å²) >= 11 is 0. The highest BCUT2D eigenvalue weighted by atomic mass is 16.6. The summed E-state index contributed by atoms with van der Waals surface area (Å²) in [5.74, 6) is 1.59. The summed E-state index contributed by atoms with van der Waals surface area (Å²) in [5, 5.41) is 7.16. The van der Waals surface area contributed by atoms with Crippen LogP contribution in [0.25, 0.3) is 0 Å². The highest BCUT2D eigenvalue weighted by Gasteiger charge is 2.15. The molecule has 2 saturated heterocycles. The first kappa shape index (κ1) is 21.6. The second-order valence-corrected chi connectivity index (χ2v) is 7.70. The molecular formula is C22H32N2O5. The van der Waals surface area contributed by atoms with E-state index in [1.165, 1.54) is 0 Å². The van der Waals surface area contributed by atoms with Crippen LogP contribution in [-0.4, -0.2) is 57.8 Å². The van der Waals surface area contributed by atoms with E-state index in [2.05, 4.69) is 10.5 Å². The lowest BCUT2D eigenvalue weighted by Crippen LogP contribution is -2.35. The van der Waals surface area contributed by atoms with Gasteiger partial charge in [0.15, 0.2) is 6.61 Å². The van der Waals surface area contributed by atoms with Crippen molar-refractivity contribution in [1.82, 2.24) is 5.32 Å². The number of hydrogen-bond acceptors (Lipinski definition) is 6. The van der Waals surface area contributed by atoms with Gasteiger partial charge in [-0.25, -0.2) is 0 Å². The molecule has 160 valence electrons. The predicted molar refractivity (Wildman–Crippen MR) is 110 cm³/mol. The molecule has 0 unspecified atom stereocenters. The molecule has 0 spiro atoms. The lowest BCUT2D eigenvalue weighted by atomic mass is 10.0. The Hall–Kier alpha value is -2.12. The minimum Gasteiger partial charge on any atom is -0.484 e. The molecule has 0 atom stereocenters. The maximum atomic E-state index is 12.0. The zero-order valence-electron chi connectivity index (χ0n) is 17.2. The number of carbonyl (C=O) groups excluding carboxylic acids is 1. The fourth-order valence-electron chi connectivity index (χ4n) is 3.41. The van der Waals surface area contributed by atoms with Crippen LogP contribution in [0.3, 0.4) is 0 Å². The van der Waals surface area contributed by atoms with Crippen molar-refractivity contribution in [3.8, 4) is 5.75 Å². The van der Waals surface area contributed by atoms with Crippen molar-refractivity contribution in [2.45, 2.75) is 32.6 Å². The molecule has 3 rings (SSSR count). The van der Waals surface area contributed by atoms with E-state index in [-0.39, 0.29) is 12.5 Å². The Labute approximate surface area is 172 Å². The van der Waals surface area contributed by atoms with Gasteiger partial charge < -0.3 is 24.4 Å². The number of nitrogens with one attached hydrogen (secondary N) is 1. The van der Waals surface area contributed by atoms with E-state index in [0.29, 0.717) is 30.7 Å². The molecule has 1 aromatic rings. The number of amides is 1. The van der Waals surface area contributed by atoms with Crippen molar-refractivity contribution in [2.24, 2.45) is 17.0 Å². The molecule has 2 heterocycles. The standard InChI is InChI=1S/C22H32N2O5/c1-17(24-29-15-19-8-12-27-13-9-19)20-2-4-21(5-3-20)28-16-22(25)23-14-18-6-10-26-11-7-18/h2-5,18-19H,6-16H2,1H3,(H,23,25). The maximum absolute atomic E-state index is 12.0. The average molecular weight is 405 g/mol. The summed E-state index contributed by atoms with van der Waals surface area (Å²) in [4.78, 5) is 17.5. The average Bonchev–Trinajstić information content (AvgIpc) is 2.78. The Morgan fingerprint density at radius 3 is 2.31 bits per heavy atom. The Balaban J connectivity index is 1.36. The molecule has 0 aliphatic carbocycles. The number of rotatable bonds is 9. The highest BCUT2D eigenvalue weighted by Crippen LogP contribution is 2.16. The van der Waals surface area contributed by atoms with Crippen LogP contribution in [0.2, 0.25) is 0 Å². The second kappa shape index (κ2) is 11.8. The summed E-state index contributed by atoms with van der Waals surface area (Å²) in [6, 6.07) is 7.54. The van der Waals surface area contributed by atoms with E-state index in [0.717, 1.165) is 63.4 Å². The zero-order valence-corrected chi connectivity index (χ0v) is 17.2. The number of hydrogen-bond donors (Lipinski definition) is 1. The van der Waals surface area contributed by atoms with E-state index in [1.54, 1.807) is 0 Å². The van der Waals surface area contributed by atoms with Gasteiger partial charge in [-0.3, -0.25) is 4.79 Å². The molecule has 2 aliphatic heterocycles. The Kier molecular flexibility index (Phi) is 8.77. The number of oxime groups is 1. The number of benzene rings is 1. The van der Waals surface area contributed by atoms with E-state index in [9.17, 15) is 4.79 Å². The monoisotopic (exact) mass is 404 g/mol. The Bertz CT molecular complexity index is 650. The first-order chi connectivity index (χ1) is 14.2. The Morgan fingerprint density at radius 2 is 1.66 bits per heavy atom. The van der Waals surface area contributed by atoms with Crippen LogP contribution in [0, 0.1) is 11.8 Å². The molecule has 0 bridgehead atoms. The van der Waals surface area contributed by atoms with Crippen LogP contribution in [-0.2, 0) is 19.1 Å². The third-order valence-corrected chi connectivity index (χ3v) is 5.42. The summed E-state index contributed by atoms with van der Waals surface area (Å²) in [6.07, 6.45) is 4.07. The van der Waals surface area contributed by atoms with E-state index >= 15 is 0 Å². The van der Waals surface area contributed by atoms with Gasteiger partial charge in [0.25, 0.3) is 5.91 Å². The van der Waals surface area contributed by atoms with Crippen LogP contribution in [0.5, 0.6) is 5.75 Å². The first-order valence-electron chi connectivity index (χ1n) is 10.5. The molecule has 1 aromatic carbocycles. The third-order valence-electron chi connectivity index (χ3n) is 5.42. The normalized spacial score (nSPS) is 19.0. The van der Waals surface area contributed by atoms with Gasteiger partial charge in [-0.2, -0.15) is 0 Å². The minimum absolute atomic E-state index is 0.0177. The first-order valence-corrected chi connectivity index (χ1v) is 10.5. The Morgan fingerprint density at radius 1 is 1.03 bits per heavy atom. The van der Waals surface area contributed by atoms with Gasteiger partial charge in [0.1, 0.15) is 12.4 Å². The highest BCUT2D eigenvalue weighted by molar-refractivity contribution is 5.98. The van der Waals surface area contributed by atoms with Gasteiger partial charge in [0, 0.05) is 38.9 Å². The van der Waals surface area contributed by atoms with Gasteiger partial charge in [-0.15, -0.1) is 0 Å². The van der Waals surface area contributed by atoms with Gasteiger partial charge in [-0.1, -0.05) is 5.16 Å². The lowest BCUT2D eigenvalue weighted by molar-refractivity contribution is -0.123. The van der Waals surface area contributed by atoms with Crippen molar-refractivity contribution in [3.05, 3.63) is 29.8 Å². The maximum Gasteiger partial charge on any atom is 0.257 e.